The Hall–Kier alpha value is -2.55. The Morgan fingerprint density at radius 2 is 1.58 bits per heavy atom. The van der Waals surface area contributed by atoms with E-state index < -0.39 is 18.0 Å². The van der Waals surface area contributed by atoms with Gasteiger partial charge in [0.25, 0.3) is 0 Å². The van der Waals surface area contributed by atoms with Gasteiger partial charge >= 0.3 is 6.36 Å². The summed E-state index contributed by atoms with van der Waals surface area (Å²) in [5.74, 6) is 4.96. The molecular formula is C27H29F5O. The highest BCUT2D eigenvalue weighted by molar-refractivity contribution is 5.46. The second-order valence-electron chi connectivity index (χ2n) is 9.01. The minimum absolute atomic E-state index is 0.319. The maximum absolute atomic E-state index is 14.6. The summed E-state index contributed by atoms with van der Waals surface area (Å²) in [7, 11) is 0. The highest BCUT2D eigenvalue weighted by atomic mass is 19.4. The number of ether oxygens (including phenoxy) is 1. The summed E-state index contributed by atoms with van der Waals surface area (Å²) < 4.78 is 69.7. The van der Waals surface area contributed by atoms with Crippen LogP contribution in [0.5, 0.6) is 5.75 Å². The van der Waals surface area contributed by atoms with E-state index >= 15 is 0 Å². The van der Waals surface area contributed by atoms with Crippen molar-refractivity contribution in [3.63, 3.8) is 0 Å². The molecule has 2 aromatic carbocycles. The Balaban J connectivity index is 1.64. The van der Waals surface area contributed by atoms with E-state index in [1.54, 1.807) is 0 Å². The van der Waals surface area contributed by atoms with E-state index in [0.717, 1.165) is 18.1 Å². The van der Waals surface area contributed by atoms with Crippen LogP contribution in [0.2, 0.25) is 0 Å². The third-order valence-corrected chi connectivity index (χ3v) is 6.47. The first-order valence-corrected chi connectivity index (χ1v) is 11.5. The molecule has 1 aliphatic rings. The average molecular weight is 465 g/mol. The SMILES string of the molecule is CCCC1CCC(C(C)Cc2cc(F)c(C#Cc3ccc(OC(F)(F)F)cc3)c(F)c2)CC1. The summed E-state index contributed by atoms with van der Waals surface area (Å²) in [6.45, 7) is 4.37. The normalized spacial score (nSPS) is 19.5. The van der Waals surface area contributed by atoms with Crippen molar-refractivity contribution in [1.29, 1.82) is 0 Å². The topological polar surface area (TPSA) is 9.23 Å². The third kappa shape index (κ3) is 7.48. The van der Waals surface area contributed by atoms with E-state index in [1.807, 2.05) is 0 Å². The van der Waals surface area contributed by atoms with Crippen molar-refractivity contribution < 1.29 is 26.7 Å². The van der Waals surface area contributed by atoms with Gasteiger partial charge in [0.05, 0.1) is 5.56 Å². The number of rotatable bonds is 6. The lowest BCUT2D eigenvalue weighted by Crippen LogP contribution is -2.21. The number of halogens is 5. The van der Waals surface area contributed by atoms with Gasteiger partial charge in [-0.15, -0.1) is 13.2 Å². The van der Waals surface area contributed by atoms with Crippen LogP contribution in [0.15, 0.2) is 36.4 Å². The standard InChI is InChI=1S/C27H29F5O/c1-3-4-19-5-10-22(11-6-19)18(2)15-21-16-25(28)24(26(29)17-21)14-9-20-7-12-23(13-8-20)33-27(30,31)32/h7-8,12-13,16-19,22H,3-6,10-11,15H2,1-2H3. The zero-order valence-electron chi connectivity index (χ0n) is 18.9. The van der Waals surface area contributed by atoms with Crippen molar-refractivity contribution in [1.82, 2.24) is 0 Å². The van der Waals surface area contributed by atoms with Crippen molar-refractivity contribution in [2.75, 3.05) is 0 Å². The molecule has 33 heavy (non-hydrogen) atoms. The van der Waals surface area contributed by atoms with Crippen molar-refractivity contribution in [2.24, 2.45) is 17.8 Å². The predicted molar refractivity (Wildman–Crippen MR) is 119 cm³/mol. The molecule has 0 bridgehead atoms. The van der Waals surface area contributed by atoms with Crippen molar-refractivity contribution in [2.45, 2.75) is 65.2 Å². The summed E-state index contributed by atoms with van der Waals surface area (Å²) in [6, 6.07) is 7.48. The van der Waals surface area contributed by atoms with E-state index in [9.17, 15) is 22.0 Å². The van der Waals surface area contributed by atoms with Gasteiger partial charge in [0.15, 0.2) is 0 Å². The molecular weight excluding hydrogens is 435 g/mol. The lowest BCUT2D eigenvalue weighted by atomic mass is 9.73. The Kier molecular flexibility index (Phi) is 8.40. The molecule has 2 aromatic rings. The van der Waals surface area contributed by atoms with Crippen LogP contribution in [-0.4, -0.2) is 6.36 Å². The molecule has 0 saturated heterocycles. The van der Waals surface area contributed by atoms with Crippen LogP contribution in [0.3, 0.4) is 0 Å². The second kappa shape index (κ2) is 11.0. The van der Waals surface area contributed by atoms with E-state index in [2.05, 4.69) is 30.4 Å². The lowest BCUT2D eigenvalue weighted by molar-refractivity contribution is -0.274. The van der Waals surface area contributed by atoms with Crippen LogP contribution < -0.4 is 4.74 Å². The minimum Gasteiger partial charge on any atom is -0.406 e. The zero-order chi connectivity index (χ0) is 24.0. The van der Waals surface area contributed by atoms with Gasteiger partial charge in [0, 0.05) is 5.56 Å². The monoisotopic (exact) mass is 464 g/mol. The molecule has 1 fully saturated rings. The van der Waals surface area contributed by atoms with Crippen LogP contribution in [0.4, 0.5) is 22.0 Å². The molecule has 0 radical (unpaired) electrons. The molecule has 1 atom stereocenters. The molecule has 178 valence electrons. The molecule has 0 aromatic heterocycles. The molecule has 0 heterocycles. The van der Waals surface area contributed by atoms with Crippen molar-refractivity contribution in [3.05, 3.63) is 64.7 Å². The van der Waals surface area contributed by atoms with Crippen molar-refractivity contribution >= 4 is 0 Å². The summed E-state index contributed by atoms with van der Waals surface area (Å²) in [4.78, 5) is 0. The van der Waals surface area contributed by atoms with E-state index in [4.69, 9.17) is 0 Å². The molecule has 6 heteroatoms. The number of hydrogen-bond acceptors (Lipinski definition) is 1. The van der Waals surface area contributed by atoms with Gasteiger partial charge in [0.1, 0.15) is 17.4 Å². The van der Waals surface area contributed by atoms with Crippen LogP contribution >= 0.6 is 0 Å². The molecule has 1 unspecified atom stereocenters. The second-order valence-corrected chi connectivity index (χ2v) is 9.01. The first kappa shape index (κ1) is 25.1. The Morgan fingerprint density at radius 1 is 0.970 bits per heavy atom. The van der Waals surface area contributed by atoms with Gasteiger partial charge in [-0.2, -0.15) is 0 Å². The summed E-state index contributed by atoms with van der Waals surface area (Å²) in [5.41, 5.74) is 0.592. The number of benzene rings is 2. The molecule has 0 aliphatic heterocycles. The van der Waals surface area contributed by atoms with Crippen LogP contribution in [0.25, 0.3) is 0 Å². The van der Waals surface area contributed by atoms with Gasteiger partial charge in [0.2, 0.25) is 0 Å². The fraction of sp³-hybridized carbons (Fsp3) is 0.481. The zero-order valence-corrected chi connectivity index (χ0v) is 18.9. The Labute approximate surface area is 192 Å². The Bertz CT molecular complexity index is 953. The summed E-state index contributed by atoms with van der Waals surface area (Å²) >= 11 is 0. The predicted octanol–water partition coefficient (Wildman–Crippen LogP) is 8.05. The summed E-state index contributed by atoms with van der Waals surface area (Å²) in [6.07, 6.45) is 3.16. The number of alkyl halides is 3. The fourth-order valence-electron chi connectivity index (χ4n) is 4.73. The summed E-state index contributed by atoms with van der Waals surface area (Å²) in [5, 5.41) is 0. The van der Waals surface area contributed by atoms with Crippen LogP contribution in [0, 0.1) is 41.2 Å². The van der Waals surface area contributed by atoms with E-state index in [0.29, 0.717) is 29.4 Å². The maximum atomic E-state index is 14.6. The van der Waals surface area contributed by atoms with Crippen molar-refractivity contribution in [3.8, 4) is 17.6 Å². The van der Waals surface area contributed by atoms with Crippen LogP contribution in [0.1, 0.15) is 69.1 Å². The Morgan fingerprint density at radius 3 is 2.12 bits per heavy atom. The molecule has 3 rings (SSSR count). The number of hydrogen-bond donors (Lipinski definition) is 0. The molecule has 1 saturated carbocycles. The average Bonchev–Trinajstić information content (AvgIpc) is 2.74. The quantitative estimate of drug-likeness (QED) is 0.310. The van der Waals surface area contributed by atoms with E-state index in [-0.39, 0.29) is 11.3 Å². The lowest BCUT2D eigenvalue weighted by Gasteiger charge is -2.32. The first-order chi connectivity index (χ1) is 15.6. The van der Waals surface area contributed by atoms with Gasteiger partial charge in [-0.3, -0.25) is 0 Å². The highest BCUT2D eigenvalue weighted by Gasteiger charge is 2.31. The molecule has 0 amide bonds. The fourth-order valence-corrected chi connectivity index (χ4v) is 4.73. The minimum atomic E-state index is -4.78. The first-order valence-electron chi connectivity index (χ1n) is 11.5. The van der Waals surface area contributed by atoms with Gasteiger partial charge < -0.3 is 4.74 Å². The van der Waals surface area contributed by atoms with Gasteiger partial charge in [-0.1, -0.05) is 51.4 Å². The maximum Gasteiger partial charge on any atom is 0.573 e. The molecule has 1 aliphatic carbocycles. The smallest absolute Gasteiger partial charge is 0.406 e. The molecule has 1 nitrogen and oxygen atoms in total. The molecule has 0 N–H and O–H groups in total. The van der Waals surface area contributed by atoms with Crippen LogP contribution in [-0.2, 0) is 6.42 Å². The van der Waals surface area contributed by atoms with Gasteiger partial charge in [-0.25, -0.2) is 8.78 Å². The third-order valence-electron chi connectivity index (χ3n) is 6.47. The largest absolute Gasteiger partial charge is 0.573 e. The highest BCUT2D eigenvalue weighted by Crippen LogP contribution is 2.36. The van der Waals surface area contributed by atoms with Gasteiger partial charge in [-0.05, 0) is 79.0 Å². The van der Waals surface area contributed by atoms with E-state index in [1.165, 1.54) is 62.8 Å². The molecule has 0 spiro atoms.